The fourth-order valence-electron chi connectivity index (χ4n) is 2.88. The van der Waals surface area contributed by atoms with Gasteiger partial charge in [-0.2, -0.15) is 0 Å². The number of nitrogens with one attached hydrogen (secondary N) is 1. The number of aromatic nitrogens is 1. The molecule has 0 saturated carbocycles. The lowest BCUT2D eigenvalue weighted by Crippen LogP contribution is -2.34. The molecular formula is C18H23N3O2. The van der Waals surface area contributed by atoms with Crippen molar-refractivity contribution in [2.24, 2.45) is 0 Å². The van der Waals surface area contributed by atoms with E-state index in [0.717, 1.165) is 49.6 Å². The van der Waals surface area contributed by atoms with Crippen molar-refractivity contribution in [3.63, 3.8) is 0 Å². The first-order valence-electron chi connectivity index (χ1n) is 8.24. The van der Waals surface area contributed by atoms with Crippen molar-refractivity contribution < 1.29 is 9.21 Å². The molecule has 0 radical (unpaired) electrons. The normalized spacial score (nSPS) is 15.4. The molecule has 0 bridgehead atoms. The molecule has 1 aliphatic heterocycles. The van der Waals surface area contributed by atoms with Gasteiger partial charge in [0.15, 0.2) is 11.7 Å². The van der Waals surface area contributed by atoms with E-state index in [1.165, 1.54) is 0 Å². The number of carbonyl (C=O) groups excluding carboxylic acids is 1. The molecule has 1 amide bonds. The molecule has 1 N–H and O–H groups in total. The van der Waals surface area contributed by atoms with Gasteiger partial charge in [0.1, 0.15) is 0 Å². The lowest BCUT2D eigenvalue weighted by molar-refractivity contribution is -0.131. The van der Waals surface area contributed by atoms with E-state index < -0.39 is 0 Å². The summed E-state index contributed by atoms with van der Waals surface area (Å²) in [6.45, 7) is 5.44. The molecule has 2 aromatic rings. The molecule has 1 aromatic carbocycles. The topological polar surface area (TPSA) is 58.4 Å². The lowest BCUT2D eigenvalue weighted by atomic mass is 10.1. The zero-order valence-electron chi connectivity index (χ0n) is 13.5. The zero-order chi connectivity index (χ0) is 16.1. The molecule has 0 spiro atoms. The van der Waals surface area contributed by atoms with Crippen LogP contribution in [0.25, 0.3) is 11.3 Å². The zero-order valence-corrected chi connectivity index (χ0v) is 13.5. The first kappa shape index (κ1) is 15.7. The van der Waals surface area contributed by atoms with Gasteiger partial charge in [0.05, 0.1) is 5.69 Å². The van der Waals surface area contributed by atoms with E-state index >= 15 is 0 Å². The summed E-state index contributed by atoms with van der Waals surface area (Å²) in [4.78, 5) is 18.7. The van der Waals surface area contributed by atoms with Crippen molar-refractivity contribution in [3.8, 4) is 11.3 Å². The summed E-state index contributed by atoms with van der Waals surface area (Å²) < 4.78 is 5.87. The Hall–Kier alpha value is -2.14. The van der Waals surface area contributed by atoms with Gasteiger partial charge >= 0.3 is 0 Å². The summed E-state index contributed by atoms with van der Waals surface area (Å²) in [6.07, 6.45) is 2.02. The third-order valence-electron chi connectivity index (χ3n) is 4.12. The number of oxazole rings is 1. The van der Waals surface area contributed by atoms with Gasteiger partial charge < -0.3 is 14.6 Å². The van der Waals surface area contributed by atoms with Gasteiger partial charge in [0.2, 0.25) is 5.91 Å². The van der Waals surface area contributed by atoms with Crippen LogP contribution in [-0.2, 0) is 11.2 Å². The van der Waals surface area contributed by atoms with E-state index in [0.29, 0.717) is 18.7 Å². The smallest absolute Gasteiger partial charge is 0.223 e. The average Bonchev–Trinajstić information content (AvgIpc) is 2.78. The summed E-state index contributed by atoms with van der Waals surface area (Å²) in [7, 11) is 0. The van der Waals surface area contributed by atoms with Crippen molar-refractivity contribution in [1.82, 2.24) is 15.2 Å². The Bertz CT molecular complexity index is 644. The van der Waals surface area contributed by atoms with Gasteiger partial charge in [-0.15, -0.1) is 0 Å². The van der Waals surface area contributed by atoms with Crippen LogP contribution in [0.15, 0.2) is 34.7 Å². The van der Waals surface area contributed by atoms with Crippen LogP contribution in [0, 0.1) is 6.92 Å². The van der Waals surface area contributed by atoms with Crippen molar-refractivity contribution in [2.45, 2.75) is 26.2 Å². The Morgan fingerprint density at radius 1 is 1.26 bits per heavy atom. The fraction of sp³-hybridized carbons (Fsp3) is 0.444. The molecule has 1 saturated heterocycles. The Morgan fingerprint density at radius 3 is 2.91 bits per heavy atom. The highest BCUT2D eigenvalue weighted by Crippen LogP contribution is 2.24. The Labute approximate surface area is 136 Å². The maximum Gasteiger partial charge on any atom is 0.223 e. The maximum atomic E-state index is 12.3. The minimum atomic E-state index is 0.186. The van der Waals surface area contributed by atoms with E-state index in [1.807, 2.05) is 42.2 Å². The quantitative estimate of drug-likeness (QED) is 0.941. The Morgan fingerprint density at radius 2 is 2.09 bits per heavy atom. The third-order valence-corrected chi connectivity index (χ3v) is 4.12. The number of hydrogen-bond donors (Lipinski definition) is 1. The van der Waals surface area contributed by atoms with Crippen molar-refractivity contribution in [3.05, 3.63) is 41.9 Å². The number of benzene rings is 1. The lowest BCUT2D eigenvalue weighted by Gasteiger charge is -2.19. The molecule has 0 atom stereocenters. The molecule has 1 aromatic heterocycles. The van der Waals surface area contributed by atoms with Gasteiger partial charge in [-0.05, 0) is 19.9 Å². The number of rotatable bonds is 4. The van der Waals surface area contributed by atoms with Gasteiger partial charge in [0.25, 0.3) is 0 Å². The van der Waals surface area contributed by atoms with Crippen LogP contribution in [-0.4, -0.2) is 42.0 Å². The van der Waals surface area contributed by atoms with E-state index in [-0.39, 0.29) is 5.91 Å². The highest BCUT2D eigenvalue weighted by molar-refractivity contribution is 5.76. The molecule has 1 fully saturated rings. The standard InChI is InChI=1S/C18H23N3O2/c1-14-18(15-6-3-2-4-7-15)23-16(20-14)8-9-17(22)21-12-5-10-19-11-13-21/h2-4,6-7,19H,5,8-13H2,1H3. The van der Waals surface area contributed by atoms with Crippen LogP contribution in [0.2, 0.25) is 0 Å². The van der Waals surface area contributed by atoms with Crippen molar-refractivity contribution in [1.29, 1.82) is 0 Å². The highest BCUT2D eigenvalue weighted by Gasteiger charge is 2.17. The largest absolute Gasteiger partial charge is 0.440 e. The van der Waals surface area contributed by atoms with Gasteiger partial charge in [-0.25, -0.2) is 4.98 Å². The number of aryl methyl sites for hydroxylation is 2. The monoisotopic (exact) mass is 313 g/mol. The highest BCUT2D eigenvalue weighted by atomic mass is 16.4. The second-order valence-electron chi connectivity index (χ2n) is 5.87. The van der Waals surface area contributed by atoms with Crippen LogP contribution in [0.1, 0.15) is 24.4 Å². The fourth-order valence-corrected chi connectivity index (χ4v) is 2.88. The summed E-state index contributed by atoms with van der Waals surface area (Å²) in [5, 5.41) is 3.31. The Balaban J connectivity index is 1.61. The number of carbonyl (C=O) groups is 1. The van der Waals surface area contributed by atoms with Crippen LogP contribution in [0.4, 0.5) is 0 Å². The van der Waals surface area contributed by atoms with Crippen LogP contribution >= 0.6 is 0 Å². The van der Waals surface area contributed by atoms with Gasteiger partial charge in [0, 0.05) is 38.0 Å². The molecule has 3 rings (SSSR count). The molecule has 0 aliphatic carbocycles. The number of amides is 1. The van der Waals surface area contributed by atoms with Crippen molar-refractivity contribution >= 4 is 5.91 Å². The minimum absolute atomic E-state index is 0.186. The van der Waals surface area contributed by atoms with Crippen LogP contribution in [0.3, 0.4) is 0 Å². The third kappa shape index (κ3) is 3.99. The first-order chi connectivity index (χ1) is 11.2. The minimum Gasteiger partial charge on any atom is -0.440 e. The van der Waals surface area contributed by atoms with Gasteiger partial charge in [-0.3, -0.25) is 4.79 Å². The Kier molecular flexibility index (Phi) is 5.08. The predicted molar refractivity (Wildman–Crippen MR) is 89.1 cm³/mol. The molecule has 5 nitrogen and oxygen atoms in total. The molecule has 1 aliphatic rings. The van der Waals surface area contributed by atoms with Crippen LogP contribution in [0.5, 0.6) is 0 Å². The molecule has 5 heteroatoms. The van der Waals surface area contributed by atoms with Crippen LogP contribution < -0.4 is 5.32 Å². The number of nitrogens with zero attached hydrogens (tertiary/aromatic N) is 2. The van der Waals surface area contributed by atoms with Gasteiger partial charge in [-0.1, -0.05) is 30.3 Å². The molecule has 122 valence electrons. The van der Waals surface area contributed by atoms with E-state index in [2.05, 4.69) is 10.3 Å². The maximum absolute atomic E-state index is 12.3. The molecule has 23 heavy (non-hydrogen) atoms. The SMILES string of the molecule is Cc1nc(CCC(=O)N2CCCNCC2)oc1-c1ccccc1. The number of hydrogen-bond acceptors (Lipinski definition) is 4. The van der Waals surface area contributed by atoms with E-state index in [4.69, 9.17) is 4.42 Å². The van der Waals surface area contributed by atoms with E-state index in [9.17, 15) is 4.79 Å². The second-order valence-corrected chi connectivity index (χ2v) is 5.87. The van der Waals surface area contributed by atoms with Crippen molar-refractivity contribution in [2.75, 3.05) is 26.2 Å². The summed E-state index contributed by atoms with van der Waals surface area (Å²) in [6, 6.07) is 9.95. The average molecular weight is 313 g/mol. The van der Waals surface area contributed by atoms with E-state index in [1.54, 1.807) is 0 Å². The molecule has 0 unspecified atom stereocenters. The summed E-state index contributed by atoms with van der Waals surface area (Å²) >= 11 is 0. The second kappa shape index (κ2) is 7.42. The molecular weight excluding hydrogens is 290 g/mol. The molecule has 2 heterocycles. The first-order valence-corrected chi connectivity index (χ1v) is 8.24. The summed E-state index contributed by atoms with van der Waals surface area (Å²) in [5.41, 5.74) is 1.89. The summed E-state index contributed by atoms with van der Waals surface area (Å²) in [5.74, 6) is 1.63. The predicted octanol–water partition coefficient (Wildman–Crippen LogP) is 2.40.